The fourth-order valence-corrected chi connectivity index (χ4v) is 2.63. The molecule has 32 heavy (non-hydrogen) atoms. The van der Waals surface area contributed by atoms with Crippen molar-refractivity contribution in [2.45, 2.75) is 32.0 Å². The maximum absolute atomic E-state index is 12.5. The minimum atomic E-state index is -4.47. The van der Waals surface area contributed by atoms with Crippen LogP contribution in [-0.4, -0.2) is 48.0 Å². The molecule has 2 rings (SSSR count). The lowest BCUT2D eigenvalue weighted by molar-refractivity contribution is -0.153. The average Bonchev–Trinajstić information content (AvgIpc) is 2.76. The molecular weight excluding hydrogens is 427 g/mol. The van der Waals surface area contributed by atoms with Crippen LogP contribution in [0.2, 0.25) is 0 Å². The van der Waals surface area contributed by atoms with Crippen molar-refractivity contribution in [3.05, 3.63) is 53.9 Å². The second-order valence-corrected chi connectivity index (χ2v) is 7.13. The summed E-state index contributed by atoms with van der Waals surface area (Å²) in [6, 6.07) is 9.45. The van der Waals surface area contributed by atoms with Crippen LogP contribution in [0.4, 0.5) is 18.9 Å². The van der Waals surface area contributed by atoms with E-state index in [4.69, 9.17) is 5.73 Å². The van der Waals surface area contributed by atoms with Gasteiger partial charge in [-0.15, -0.1) is 0 Å². The zero-order valence-electron chi connectivity index (χ0n) is 17.8. The van der Waals surface area contributed by atoms with E-state index in [-0.39, 0.29) is 17.4 Å². The van der Waals surface area contributed by atoms with E-state index in [0.29, 0.717) is 18.5 Å². The highest BCUT2D eigenvalue weighted by atomic mass is 19.4. The second-order valence-electron chi connectivity index (χ2n) is 7.13. The number of nitrogens with two attached hydrogens (primary N) is 1. The molecule has 0 aliphatic rings. The summed E-state index contributed by atoms with van der Waals surface area (Å²) in [5.74, 6) is -0.599. The fraction of sp³-hybridized carbons (Fsp3) is 0.333. The van der Waals surface area contributed by atoms with Crippen molar-refractivity contribution in [3.8, 4) is 5.75 Å². The molecule has 0 fully saturated rings. The van der Waals surface area contributed by atoms with Crippen LogP contribution in [0.1, 0.15) is 36.3 Å². The van der Waals surface area contributed by atoms with E-state index in [1.165, 1.54) is 19.2 Å². The molecule has 2 amide bonds. The lowest BCUT2D eigenvalue weighted by atomic mass is 9.89. The van der Waals surface area contributed by atoms with Crippen molar-refractivity contribution in [1.29, 1.82) is 0 Å². The number of hydrogen-bond donors (Lipinski definition) is 2. The topological polar surface area (TPSA) is 110 Å². The Morgan fingerprint density at radius 1 is 1.31 bits per heavy atom. The van der Waals surface area contributed by atoms with Gasteiger partial charge in [0.25, 0.3) is 5.91 Å². The Balaban J connectivity index is 2.16. The average molecular weight is 451 g/mol. The quantitative estimate of drug-likeness (QED) is 0.364. The number of benzene rings is 1. The van der Waals surface area contributed by atoms with E-state index in [0.717, 1.165) is 16.7 Å². The molecule has 0 radical (unpaired) electrons. The normalized spacial score (nSPS) is 13.8. The molecule has 1 aromatic heterocycles. The first kappa shape index (κ1) is 24.6. The highest BCUT2D eigenvalue weighted by molar-refractivity contribution is 6.02. The maximum Gasteiger partial charge on any atom is 0.422 e. The molecule has 2 aromatic rings. The maximum atomic E-state index is 12.5. The number of anilines is 1. The Bertz CT molecular complexity index is 979. The largest absolute Gasteiger partial charge is 0.483 e. The van der Waals surface area contributed by atoms with E-state index < -0.39 is 24.2 Å². The summed E-state index contributed by atoms with van der Waals surface area (Å²) >= 11 is 0. The van der Waals surface area contributed by atoms with Crippen molar-refractivity contribution in [3.63, 3.8) is 0 Å². The number of hydrogen-bond acceptors (Lipinski definition) is 5. The fourth-order valence-electron chi connectivity index (χ4n) is 2.63. The highest BCUT2D eigenvalue weighted by Gasteiger charge is 2.28. The summed E-state index contributed by atoms with van der Waals surface area (Å²) in [7, 11) is 1.49. The predicted molar refractivity (Wildman–Crippen MR) is 113 cm³/mol. The van der Waals surface area contributed by atoms with Gasteiger partial charge in [0.1, 0.15) is 11.4 Å². The lowest BCUT2D eigenvalue weighted by Gasteiger charge is -2.26. The number of nitrogens with zero attached hydrogens (tertiary/aromatic N) is 3. The molecule has 3 N–H and O–H groups in total. The summed E-state index contributed by atoms with van der Waals surface area (Å²) in [6.45, 7) is 2.31. The molecule has 1 aromatic carbocycles. The molecule has 0 saturated carbocycles. The van der Waals surface area contributed by atoms with Gasteiger partial charge in [-0.1, -0.05) is 19.1 Å². The summed E-state index contributed by atoms with van der Waals surface area (Å²) in [5.41, 5.74) is 6.34. The van der Waals surface area contributed by atoms with Crippen molar-refractivity contribution < 1.29 is 27.5 Å². The Hall–Kier alpha value is -3.63. The molecule has 1 atom stereocenters. The van der Waals surface area contributed by atoms with Gasteiger partial charge >= 0.3 is 6.18 Å². The smallest absolute Gasteiger partial charge is 0.422 e. The van der Waals surface area contributed by atoms with Gasteiger partial charge < -0.3 is 15.8 Å². The van der Waals surface area contributed by atoms with Crippen molar-refractivity contribution in [1.82, 2.24) is 9.88 Å². The zero-order chi connectivity index (χ0) is 23.9. The number of amides is 2. The Morgan fingerprint density at radius 2 is 2.03 bits per heavy atom. The number of rotatable bonds is 8. The van der Waals surface area contributed by atoms with Crippen molar-refractivity contribution in [2.75, 3.05) is 19.0 Å². The molecule has 8 nitrogen and oxygen atoms in total. The third-order valence-corrected chi connectivity index (χ3v) is 4.68. The van der Waals surface area contributed by atoms with Gasteiger partial charge in [-0.05, 0) is 43.2 Å². The number of ether oxygens (including phenoxy) is 1. The van der Waals surface area contributed by atoms with Crippen molar-refractivity contribution in [2.24, 2.45) is 10.7 Å². The summed E-state index contributed by atoms with van der Waals surface area (Å²) in [5, 5.41) is 2.69. The van der Waals surface area contributed by atoms with Gasteiger partial charge in [-0.2, -0.15) is 13.2 Å². The van der Waals surface area contributed by atoms with Crippen LogP contribution >= 0.6 is 0 Å². The minimum Gasteiger partial charge on any atom is -0.483 e. The first-order valence-electron chi connectivity index (χ1n) is 9.58. The minimum absolute atomic E-state index is 0.00267. The number of halogens is 3. The predicted octanol–water partition coefficient (Wildman–Crippen LogP) is 3.30. The van der Waals surface area contributed by atoms with Crippen LogP contribution in [0.5, 0.6) is 5.75 Å². The summed E-state index contributed by atoms with van der Waals surface area (Å²) < 4.78 is 41.2. The van der Waals surface area contributed by atoms with Gasteiger partial charge in [-0.25, -0.2) is 9.98 Å². The van der Waals surface area contributed by atoms with E-state index in [9.17, 15) is 22.8 Å². The number of carbonyl (C=O) groups excluding carboxylic acids is 2. The molecular formula is C21H24F3N5O3. The highest BCUT2D eigenvalue weighted by Crippen LogP contribution is 2.31. The van der Waals surface area contributed by atoms with Gasteiger partial charge in [-0.3, -0.25) is 14.5 Å². The number of aromatic nitrogens is 1. The van der Waals surface area contributed by atoms with E-state index in [1.807, 2.05) is 19.9 Å². The van der Waals surface area contributed by atoms with Crippen LogP contribution in [0.25, 0.3) is 0 Å². The molecule has 0 bridgehead atoms. The third-order valence-electron chi connectivity index (χ3n) is 4.68. The Labute approximate surface area is 183 Å². The van der Waals surface area contributed by atoms with E-state index in [2.05, 4.69) is 20.0 Å². The number of pyridine rings is 1. The second kappa shape index (κ2) is 10.1. The Morgan fingerprint density at radius 3 is 2.59 bits per heavy atom. The number of carbonyl (C=O) groups is 2. The van der Waals surface area contributed by atoms with Crippen LogP contribution in [0, 0.1) is 0 Å². The molecule has 0 aliphatic heterocycles. The molecule has 0 spiro atoms. The molecule has 0 aliphatic carbocycles. The number of nitrogens with one attached hydrogen (secondary N) is 1. The molecule has 11 heteroatoms. The number of alkyl halides is 3. The van der Waals surface area contributed by atoms with Gasteiger partial charge in [0.2, 0.25) is 6.41 Å². The molecule has 1 heterocycles. The van der Waals surface area contributed by atoms with E-state index in [1.54, 1.807) is 18.2 Å². The third kappa shape index (κ3) is 6.69. The molecule has 0 unspecified atom stereocenters. The van der Waals surface area contributed by atoms with Gasteiger partial charge in [0.05, 0.1) is 11.7 Å². The van der Waals surface area contributed by atoms with E-state index >= 15 is 0 Å². The van der Waals surface area contributed by atoms with Crippen molar-refractivity contribution >= 4 is 24.0 Å². The van der Waals surface area contributed by atoms with Crippen LogP contribution in [0.15, 0.2) is 47.6 Å². The van der Waals surface area contributed by atoms with Gasteiger partial charge in [0, 0.05) is 12.7 Å². The zero-order valence-corrected chi connectivity index (χ0v) is 17.8. The monoisotopic (exact) mass is 451 g/mol. The number of guanidine groups is 1. The standard InChI is InChI=1S/C21H24F3N5O3/c1-4-20(2,28-19(25)29(3)13-30)14-6-5-7-15(10-14)27-18(31)17-9-8-16(11-26-17)32-12-21(22,23)24/h5-11,13H,4,12H2,1-3H3,(H2,25,28)(H,27,31)/t20-/m0/s1. The SMILES string of the molecule is CC[C@](C)(/N=C(/N)N(C)C=O)c1cccc(NC(=O)c2ccc(OCC(F)(F)F)cn2)c1. The summed E-state index contributed by atoms with van der Waals surface area (Å²) in [4.78, 5) is 32.9. The number of aliphatic imine (C=N–C) groups is 1. The Kier molecular flexibility index (Phi) is 7.79. The van der Waals surface area contributed by atoms with Crippen LogP contribution in [0.3, 0.4) is 0 Å². The van der Waals surface area contributed by atoms with Gasteiger partial charge in [0.15, 0.2) is 12.6 Å². The molecule has 0 saturated heterocycles. The van der Waals surface area contributed by atoms with Crippen LogP contribution < -0.4 is 15.8 Å². The summed E-state index contributed by atoms with van der Waals surface area (Å²) in [6.07, 6.45) is -2.30. The first-order chi connectivity index (χ1) is 15.0. The molecule has 172 valence electrons. The lowest BCUT2D eigenvalue weighted by Crippen LogP contribution is -2.36. The first-order valence-corrected chi connectivity index (χ1v) is 9.58. The van der Waals surface area contributed by atoms with Crippen LogP contribution in [-0.2, 0) is 10.3 Å².